The molecule has 0 heterocycles. The van der Waals surface area contributed by atoms with E-state index in [1.165, 1.54) is 43.1 Å². The Morgan fingerprint density at radius 2 is 0.656 bits per heavy atom. The molecule has 0 amide bonds. The third kappa shape index (κ3) is 6.13. The molecule has 0 aliphatic rings. The molecular weight excluding hydrogens is 483 g/mol. The van der Waals surface area contributed by atoms with Crippen molar-refractivity contribution in [1.82, 2.24) is 0 Å². The Morgan fingerprint density at radius 3 is 0.875 bits per heavy atom. The van der Waals surface area contributed by atoms with Crippen molar-refractivity contribution in [3.63, 3.8) is 0 Å². The van der Waals surface area contributed by atoms with Crippen LogP contribution in [-0.4, -0.2) is 6.19 Å². The van der Waals surface area contributed by atoms with Crippen LogP contribution in [0.15, 0.2) is 109 Å². The fourth-order valence-corrected chi connectivity index (χ4v) is 3.81. The summed E-state index contributed by atoms with van der Waals surface area (Å²) in [6, 6.07) is 38.5. The van der Waals surface area contributed by atoms with Crippen LogP contribution in [0.4, 0.5) is 0 Å². The maximum Gasteiger partial charge on any atom is -0.0771 e. The monoisotopic (exact) mass is 506 g/mol. The first kappa shape index (κ1) is 26.4. The van der Waals surface area contributed by atoms with E-state index in [1.54, 1.807) is 0 Å². The number of rotatable bonds is 0. The summed E-state index contributed by atoms with van der Waals surface area (Å²) in [6.45, 7) is 4.54. The fraction of sp³-hybridized carbons (Fsp3) is 0.0714. The number of hydrogen-bond acceptors (Lipinski definition) is 0. The molecule has 6 aromatic carbocycles. The third-order valence-electron chi connectivity index (χ3n) is 5.05. The van der Waals surface area contributed by atoms with Crippen molar-refractivity contribution < 1.29 is 44.0 Å². The van der Waals surface area contributed by atoms with Gasteiger partial charge < -0.3 is 24.8 Å². The predicted molar refractivity (Wildman–Crippen MR) is 132 cm³/mol. The van der Waals surface area contributed by atoms with Crippen LogP contribution in [-0.2, 0) is 19.2 Å². The first-order valence-electron chi connectivity index (χ1n) is 10.2. The molecule has 6 rings (SSSR count). The summed E-state index contributed by atoms with van der Waals surface area (Å²) in [5, 5.41) is 10.8. The smallest absolute Gasteiger partial charge is 0.0771 e. The van der Waals surface area contributed by atoms with Gasteiger partial charge in [0.25, 0.3) is 0 Å². The summed E-state index contributed by atoms with van der Waals surface area (Å²) >= 11 is 2.27. The maximum atomic E-state index is 2.27. The minimum absolute atomic E-state index is 0. The van der Waals surface area contributed by atoms with Crippen molar-refractivity contribution in [3.8, 4) is 0 Å². The van der Waals surface area contributed by atoms with Crippen LogP contribution in [0, 0.1) is 0 Å². The number of hydrogen-bond donors (Lipinski definition) is 0. The Morgan fingerprint density at radius 1 is 0.469 bits per heavy atom. The predicted octanol–water partition coefficient (Wildman–Crippen LogP) is 2.22. The van der Waals surface area contributed by atoms with Crippen molar-refractivity contribution in [1.29, 1.82) is 0 Å². The van der Waals surface area contributed by atoms with E-state index < -0.39 is 0 Å². The summed E-state index contributed by atoms with van der Waals surface area (Å²) in [5.74, 6) is 0. The van der Waals surface area contributed by atoms with Crippen LogP contribution in [0.5, 0.6) is 0 Å². The van der Waals surface area contributed by atoms with Gasteiger partial charge >= 0.3 is 38.5 Å². The van der Waals surface area contributed by atoms with E-state index in [0.29, 0.717) is 0 Å². The number of halogens is 2. The summed E-state index contributed by atoms with van der Waals surface area (Å²) in [5.41, 5.74) is 0. The normalized spacial score (nSPS) is 9.88. The van der Waals surface area contributed by atoms with E-state index in [0.717, 1.165) is 0 Å². The van der Waals surface area contributed by atoms with E-state index >= 15 is 0 Å². The molecular formula is C28H24Cl2SiTi-2. The first-order chi connectivity index (χ1) is 14.6. The van der Waals surface area contributed by atoms with Crippen molar-refractivity contribution >= 4 is 49.3 Å². The van der Waals surface area contributed by atoms with Crippen LogP contribution < -0.4 is 24.8 Å². The average molecular weight is 507 g/mol. The molecule has 0 saturated heterocycles. The second kappa shape index (κ2) is 12.4. The SMILES string of the molecule is C[Si](C)=[Ti+2].[Cl-].[Cl-].c1ccc2c(c1)[cH-]c1ccccc12.c1ccc2c(c1)[cH-]c1ccccc12. The molecule has 0 saturated carbocycles. The first-order valence-corrected chi connectivity index (χ1v) is 15.1. The largest absolute Gasteiger partial charge is 1.00 e. The number of fused-ring (bicyclic) bond motifs is 6. The molecule has 0 atom stereocenters. The molecule has 0 fully saturated rings. The topological polar surface area (TPSA) is 0 Å². The summed E-state index contributed by atoms with van der Waals surface area (Å²) in [4.78, 5) is 0. The number of benzene rings is 4. The molecule has 0 unspecified atom stereocenters. The third-order valence-corrected chi connectivity index (χ3v) is 5.05. The standard InChI is InChI=1S/2C13H9.C2H6Si.2ClH.Ti/c2*1-3-7-12-10(5-1)9-11-6-2-4-8-13(11)12;1-3-2;;;/h2*1-9H;1-2H3;2*1H;/q2*-1;;;;+2/p-2. The Balaban J connectivity index is 0.000000185. The van der Waals surface area contributed by atoms with E-state index in [2.05, 4.69) is 141 Å². The van der Waals surface area contributed by atoms with Crippen LogP contribution in [0.1, 0.15) is 0 Å². The van der Waals surface area contributed by atoms with E-state index in [9.17, 15) is 0 Å². The van der Waals surface area contributed by atoms with Gasteiger partial charge in [-0.2, -0.15) is 0 Å². The molecule has 0 spiro atoms. The van der Waals surface area contributed by atoms with Crippen molar-refractivity contribution in [2.45, 2.75) is 13.1 Å². The Kier molecular flexibility index (Phi) is 10.2. The van der Waals surface area contributed by atoms with Gasteiger partial charge in [0.2, 0.25) is 0 Å². The molecule has 4 heteroatoms. The fourth-order valence-electron chi connectivity index (χ4n) is 3.81. The van der Waals surface area contributed by atoms with Crippen LogP contribution in [0.3, 0.4) is 0 Å². The van der Waals surface area contributed by atoms with Gasteiger partial charge in [-0.05, 0) is 0 Å². The molecule has 0 radical (unpaired) electrons. The molecule has 6 aromatic rings. The molecule has 0 nitrogen and oxygen atoms in total. The van der Waals surface area contributed by atoms with Crippen LogP contribution in [0.2, 0.25) is 13.1 Å². The molecule has 32 heavy (non-hydrogen) atoms. The van der Waals surface area contributed by atoms with E-state index in [4.69, 9.17) is 0 Å². The Labute approximate surface area is 214 Å². The zero-order chi connectivity index (χ0) is 20.9. The summed E-state index contributed by atoms with van der Waals surface area (Å²) in [7, 11) is 0. The zero-order valence-corrected chi connectivity index (χ0v) is 22.2. The van der Waals surface area contributed by atoms with Crippen LogP contribution >= 0.6 is 0 Å². The van der Waals surface area contributed by atoms with Gasteiger partial charge in [-0.15, -0.1) is 79.5 Å². The molecule has 0 aromatic heterocycles. The van der Waals surface area contributed by atoms with Gasteiger partial charge in [-0.1, -0.05) is 72.8 Å². The molecule has 0 aliphatic carbocycles. The summed E-state index contributed by atoms with van der Waals surface area (Å²) < 4.78 is 0. The second-order valence-electron chi connectivity index (χ2n) is 7.64. The molecule has 160 valence electrons. The summed E-state index contributed by atoms with van der Waals surface area (Å²) in [6.07, 6.45) is 0.120. The molecule has 0 N–H and O–H groups in total. The molecule has 0 aliphatic heterocycles. The van der Waals surface area contributed by atoms with E-state index in [1.807, 2.05) is 0 Å². The van der Waals surface area contributed by atoms with Crippen molar-refractivity contribution in [2.75, 3.05) is 0 Å². The quantitative estimate of drug-likeness (QED) is 0.219. The minimum atomic E-state index is 0. The minimum Gasteiger partial charge on any atom is -1.00 e. The van der Waals surface area contributed by atoms with Crippen molar-refractivity contribution in [2.24, 2.45) is 0 Å². The second-order valence-corrected chi connectivity index (χ2v) is 14.3. The van der Waals surface area contributed by atoms with Gasteiger partial charge in [0, 0.05) is 0 Å². The van der Waals surface area contributed by atoms with Gasteiger partial charge in [0.15, 0.2) is 0 Å². The molecule has 0 bridgehead atoms. The maximum absolute atomic E-state index is 2.27. The van der Waals surface area contributed by atoms with E-state index in [-0.39, 0.29) is 31.0 Å². The Bertz CT molecular complexity index is 1240. The van der Waals surface area contributed by atoms with Crippen LogP contribution in [0.25, 0.3) is 43.1 Å². The Hall–Kier alpha value is -1.87. The average Bonchev–Trinajstić information content (AvgIpc) is 3.32. The van der Waals surface area contributed by atoms with Gasteiger partial charge in [-0.25, -0.2) is 0 Å². The van der Waals surface area contributed by atoms with Gasteiger partial charge in [0.05, 0.1) is 0 Å². The van der Waals surface area contributed by atoms with Gasteiger partial charge in [-0.3, -0.25) is 0 Å². The zero-order valence-electron chi connectivity index (χ0n) is 18.1. The van der Waals surface area contributed by atoms with Gasteiger partial charge in [0.1, 0.15) is 0 Å². The van der Waals surface area contributed by atoms with Crippen molar-refractivity contribution in [3.05, 3.63) is 109 Å².